The summed E-state index contributed by atoms with van der Waals surface area (Å²) < 4.78 is 27.9. The normalized spacial score (nSPS) is 26.3. The van der Waals surface area contributed by atoms with Crippen LogP contribution in [-0.2, 0) is 16.4 Å². The van der Waals surface area contributed by atoms with Crippen molar-refractivity contribution in [3.8, 4) is 0 Å². The molecule has 0 saturated carbocycles. The van der Waals surface area contributed by atoms with Gasteiger partial charge in [0.25, 0.3) is 0 Å². The molecule has 0 amide bonds. The van der Waals surface area contributed by atoms with Gasteiger partial charge in [0.15, 0.2) is 0 Å². The molecule has 0 unspecified atom stereocenters. The standard InChI is InChI=1S/C18H24N2O2S/c21-23(22,18-9-8-15-5-1-2-6-16(15)13-18)20-12-11-19-10-4-3-7-17(19)14-20/h1-2,5-6,13,17H,3-4,7-12,14H2/t17-/m1/s1. The zero-order chi connectivity index (χ0) is 15.9. The van der Waals surface area contributed by atoms with E-state index in [9.17, 15) is 8.42 Å². The van der Waals surface area contributed by atoms with E-state index in [1.807, 2.05) is 24.3 Å². The van der Waals surface area contributed by atoms with Crippen LogP contribution in [0.3, 0.4) is 0 Å². The molecule has 4 rings (SSSR count). The topological polar surface area (TPSA) is 40.6 Å². The molecule has 2 saturated heterocycles. The van der Waals surface area contributed by atoms with Gasteiger partial charge in [-0.1, -0.05) is 30.7 Å². The molecule has 1 atom stereocenters. The third-order valence-electron chi connectivity index (χ3n) is 5.48. The Morgan fingerprint density at radius 3 is 2.78 bits per heavy atom. The van der Waals surface area contributed by atoms with E-state index in [1.54, 1.807) is 4.31 Å². The molecular formula is C18H24N2O2S. The van der Waals surface area contributed by atoms with Gasteiger partial charge in [-0.15, -0.1) is 0 Å². The maximum atomic E-state index is 13.1. The largest absolute Gasteiger partial charge is 0.298 e. The number of sulfonamides is 1. The summed E-state index contributed by atoms with van der Waals surface area (Å²) in [6.45, 7) is 3.32. The molecule has 0 radical (unpaired) electrons. The van der Waals surface area contributed by atoms with Gasteiger partial charge in [0.05, 0.1) is 4.91 Å². The Morgan fingerprint density at radius 1 is 1.00 bits per heavy atom. The number of allylic oxidation sites excluding steroid dienone is 1. The van der Waals surface area contributed by atoms with Crippen LogP contribution in [0.5, 0.6) is 0 Å². The first-order valence-corrected chi connectivity index (χ1v) is 10.1. The quantitative estimate of drug-likeness (QED) is 0.835. The zero-order valence-corrected chi connectivity index (χ0v) is 14.3. The Labute approximate surface area is 138 Å². The first-order chi connectivity index (χ1) is 11.1. The van der Waals surface area contributed by atoms with E-state index in [0.717, 1.165) is 31.5 Å². The minimum absolute atomic E-state index is 0.420. The van der Waals surface area contributed by atoms with Crippen molar-refractivity contribution in [3.05, 3.63) is 40.3 Å². The van der Waals surface area contributed by atoms with Gasteiger partial charge in [-0.05, 0) is 49.4 Å². The summed E-state index contributed by atoms with van der Waals surface area (Å²) in [7, 11) is -3.31. The number of rotatable bonds is 2. The maximum absolute atomic E-state index is 13.1. The molecule has 5 heteroatoms. The van der Waals surface area contributed by atoms with E-state index in [0.29, 0.717) is 30.5 Å². The summed E-state index contributed by atoms with van der Waals surface area (Å²) in [5.41, 5.74) is 2.32. The van der Waals surface area contributed by atoms with E-state index in [2.05, 4.69) is 11.0 Å². The SMILES string of the molecule is O=S(=O)(C1=Cc2ccccc2CC1)N1CCN2CCCC[C@@H]2C1. The summed E-state index contributed by atoms with van der Waals surface area (Å²) in [5.74, 6) is 0. The number of fused-ring (bicyclic) bond motifs is 2. The molecule has 0 spiro atoms. The number of nitrogens with zero attached hydrogens (tertiary/aromatic N) is 2. The van der Waals surface area contributed by atoms with Gasteiger partial charge < -0.3 is 0 Å². The molecule has 1 aliphatic carbocycles. The molecule has 0 N–H and O–H groups in total. The molecule has 124 valence electrons. The first-order valence-electron chi connectivity index (χ1n) is 8.67. The number of benzene rings is 1. The van der Waals surface area contributed by atoms with Gasteiger partial charge in [-0.2, -0.15) is 4.31 Å². The molecule has 1 aromatic carbocycles. The van der Waals surface area contributed by atoms with Crippen LogP contribution in [0.1, 0.15) is 36.8 Å². The molecule has 2 heterocycles. The van der Waals surface area contributed by atoms with E-state index in [4.69, 9.17) is 0 Å². The summed E-state index contributed by atoms with van der Waals surface area (Å²) in [4.78, 5) is 3.07. The van der Waals surface area contributed by atoms with Crippen molar-refractivity contribution < 1.29 is 8.42 Å². The number of piperazine rings is 1. The number of hydrogen-bond acceptors (Lipinski definition) is 3. The number of piperidine rings is 1. The van der Waals surface area contributed by atoms with Crippen LogP contribution < -0.4 is 0 Å². The van der Waals surface area contributed by atoms with Gasteiger partial charge >= 0.3 is 0 Å². The van der Waals surface area contributed by atoms with Crippen molar-refractivity contribution in [2.24, 2.45) is 0 Å². The fraction of sp³-hybridized carbons (Fsp3) is 0.556. The predicted octanol–water partition coefficient (Wildman–Crippen LogP) is 2.47. The van der Waals surface area contributed by atoms with E-state index < -0.39 is 10.0 Å². The zero-order valence-electron chi connectivity index (χ0n) is 13.4. The van der Waals surface area contributed by atoms with Crippen LogP contribution in [0.25, 0.3) is 6.08 Å². The van der Waals surface area contributed by atoms with Gasteiger partial charge in [-0.3, -0.25) is 4.90 Å². The summed E-state index contributed by atoms with van der Waals surface area (Å²) in [6, 6.07) is 8.53. The predicted molar refractivity (Wildman–Crippen MR) is 92.4 cm³/mol. The maximum Gasteiger partial charge on any atom is 0.239 e. The highest BCUT2D eigenvalue weighted by Crippen LogP contribution is 2.31. The first kappa shape index (κ1) is 15.4. The van der Waals surface area contributed by atoms with E-state index >= 15 is 0 Å². The Hall–Kier alpha value is -1.17. The average Bonchev–Trinajstić information content (AvgIpc) is 2.61. The van der Waals surface area contributed by atoms with Crippen LogP contribution in [0.15, 0.2) is 29.2 Å². The molecule has 2 aliphatic heterocycles. The minimum atomic E-state index is -3.31. The van der Waals surface area contributed by atoms with Crippen molar-refractivity contribution in [2.75, 3.05) is 26.2 Å². The van der Waals surface area contributed by atoms with Gasteiger partial charge in [0.2, 0.25) is 10.0 Å². The molecule has 2 fully saturated rings. The van der Waals surface area contributed by atoms with Gasteiger partial charge in [-0.25, -0.2) is 8.42 Å². The summed E-state index contributed by atoms with van der Waals surface area (Å²) in [5, 5.41) is 0. The average molecular weight is 332 g/mol. The monoisotopic (exact) mass is 332 g/mol. The molecule has 3 aliphatic rings. The third-order valence-corrected chi connectivity index (χ3v) is 7.48. The lowest BCUT2D eigenvalue weighted by atomic mass is 9.98. The second-order valence-corrected chi connectivity index (χ2v) is 8.85. The van der Waals surface area contributed by atoms with E-state index in [1.165, 1.54) is 18.4 Å². The van der Waals surface area contributed by atoms with Crippen molar-refractivity contribution in [2.45, 2.75) is 38.1 Å². The molecule has 1 aromatic rings. The van der Waals surface area contributed by atoms with Crippen molar-refractivity contribution >= 4 is 16.1 Å². The lowest BCUT2D eigenvalue weighted by molar-refractivity contribution is 0.0855. The fourth-order valence-corrected chi connectivity index (χ4v) is 5.78. The Bertz CT molecular complexity index is 726. The van der Waals surface area contributed by atoms with Gasteiger partial charge in [0, 0.05) is 25.7 Å². The summed E-state index contributed by atoms with van der Waals surface area (Å²) in [6.07, 6.45) is 6.96. The molecule has 0 aromatic heterocycles. The van der Waals surface area contributed by atoms with Crippen molar-refractivity contribution in [1.82, 2.24) is 9.21 Å². The van der Waals surface area contributed by atoms with Crippen molar-refractivity contribution in [1.29, 1.82) is 0 Å². The highest BCUT2D eigenvalue weighted by atomic mass is 32.2. The minimum Gasteiger partial charge on any atom is -0.298 e. The van der Waals surface area contributed by atoms with Crippen LogP contribution in [0.2, 0.25) is 0 Å². The lowest BCUT2D eigenvalue weighted by Gasteiger charge is -2.43. The Morgan fingerprint density at radius 2 is 1.87 bits per heavy atom. The Kier molecular flexibility index (Phi) is 4.03. The smallest absolute Gasteiger partial charge is 0.239 e. The Balaban J connectivity index is 1.58. The number of aryl methyl sites for hydroxylation is 1. The molecule has 0 bridgehead atoms. The third kappa shape index (κ3) is 2.86. The van der Waals surface area contributed by atoms with Crippen LogP contribution in [0.4, 0.5) is 0 Å². The second kappa shape index (κ2) is 6.04. The van der Waals surface area contributed by atoms with Crippen molar-refractivity contribution in [3.63, 3.8) is 0 Å². The lowest BCUT2D eigenvalue weighted by Crippen LogP contribution is -2.56. The van der Waals surface area contributed by atoms with Crippen LogP contribution >= 0.6 is 0 Å². The molecular weight excluding hydrogens is 308 g/mol. The summed E-state index contributed by atoms with van der Waals surface area (Å²) >= 11 is 0. The fourth-order valence-electron chi connectivity index (χ4n) is 4.12. The van der Waals surface area contributed by atoms with Crippen LogP contribution in [-0.4, -0.2) is 49.8 Å². The number of hydrogen-bond donors (Lipinski definition) is 0. The highest BCUT2D eigenvalue weighted by molar-refractivity contribution is 7.93. The molecule has 4 nitrogen and oxygen atoms in total. The second-order valence-electron chi connectivity index (χ2n) is 6.86. The van der Waals surface area contributed by atoms with E-state index in [-0.39, 0.29) is 0 Å². The van der Waals surface area contributed by atoms with Crippen LogP contribution in [0, 0.1) is 0 Å². The molecule has 23 heavy (non-hydrogen) atoms. The van der Waals surface area contributed by atoms with Gasteiger partial charge in [0.1, 0.15) is 0 Å². The highest BCUT2D eigenvalue weighted by Gasteiger charge is 2.36.